The molecule has 0 aliphatic carbocycles. The second-order valence-corrected chi connectivity index (χ2v) is 8.29. The molecule has 0 saturated carbocycles. The fraction of sp³-hybridized carbons (Fsp3) is 0.650. The van der Waals surface area contributed by atoms with Crippen molar-refractivity contribution in [2.75, 3.05) is 0 Å². The first kappa shape index (κ1) is 31.2. The van der Waals surface area contributed by atoms with E-state index in [-0.39, 0.29) is 25.2 Å². The van der Waals surface area contributed by atoms with Gasteiger partial charge in [0.15, 0.2) is 0 Å². The van der Waals surface area contributed by atoms with Crippen molar-refractivity contribution < 1.29 is 48.9 Å². The Morgan fingerprint density at radius 2 is 1.20 bits per heavy atom. The van der Waals surface area contributed by atoms with Crippen molar-refractivity contribution in [3.05, 3.63) is 0 Å². The van der Waals surface area contributed by atoms with E-state index in [0.29, 0.717) is 0 Å². The van der Waals surface area contributed by atoms with Crippen molar-refractivity contribution in [3.8, 4) is 0 Å². The lowest BCUT2D eigenvalue weighted by atomic mass is 10.0. The molecule has 0 bridgehead atoms. The van der Waals surface area contributed by atoms with E-state index in [0.717, 1.165) is 0 Å². The van der Waals surface area contributed by atoms with Crippen LogP contribution in [0.4, 0.5) is 0 Å². The van der Waals surface area contributed by atoms with Crippen LogP contribution in [0.15, 0.2) is 0 Å². The highest BCUT2D eigenvalue weighted by molar-refractivity contribution is 5.95. The van der Waals surface area contributed by atoms with Crippen LogP contribution in [-0.4, -0.2) is 81.0 Å². The Morgan fingerprint density at radius 1 is 0.714 bits per heavy atom. The van der Waals surface area contributed by atoms with Crippen LogP contribution in [0, 0.1) is 5.92 Å². The summed E-state index contributed by atoms with van der Waals surface area (Å²) in [5.74, 6) is -7.84. The van der Waals surface area contributed by atoms with Gasteiger partial charge in [0.2, 0.25) is 23.6 Å². The molecule has 0 fully saturated rings. The lowest BCUT2D eigenvalue weighted by molar-refractivity contribution is -0.143. The number of hydrogen-bond acceptors (Lipinski definition) is 8. The first-order valence-corrected chi connectivity index (χ1v) is 10.7. The van der Waals surface area contributed by atoms with Gasteiger partial charge in [-0.25, -0.2) is 4.79 Å². The van der Waals surface area contributed by atoms with Crippen LogP contribution in [-0.2, 0) is 33.6 Å². The van der Waals surface area contributed by atoms with E-state index < -0.39 is 85.0 Å². The highest BCUT2D eigenvalue weighted by Crippen LogP contribution is 2.08. The molecule has 4 amide bonds. The van der Waals surface area contributed by atoms with E-state index in [1.807, 2.05) is 0 Å². The number of hydrogen-bond donors (Lipinski definition) is 8. The number of carbonyl (C=O) groups is 7. The number of nitrogens with two attached hydrogens (primary N) is 2. The molecule has 0 heterocycles. The summed E-state index contributed by atoms with van der Waals surface area (Å²) in [4.78, 5) is 81.9. The van der Waals surface area contributed by atoms with Gasteiger partial charge in [0.25, 0.3) is 0 Å². The highest BCUT2D eigenvalue weighted by atomic mass is 16.4. The maximum Gasteiger partial charge on any atom is 0.326 e. The van der Waals surface area contributed by atoms with Crippen molar-refractivity contribution >= 4 is 41.5 Å². The molecule has 0 radical (unpaired) electrons. The van der Waals surface area contributed by atoms with Crippen LogP contribution in [0.25, 0.3) is 0 Å². The van der Waals surface area contributed by atoms with Crippen LogP contribution >= 0.6 is 0 Å². The van der Waals surface area contributed by atoms with Gasteiger partial charge >= 0.3 is 17.9 Å². The Morgan fingerprint density at radius 3 is 1.66 bits per heavy atom. The maximum absolute atomic E-state index is 12.9. The number of carbonyl (C=O) groups excluding carboxylic acids is 4. The van der Waals surface area contributed by atoms with Crippen LogP contribution < -0.4 is 27.4 Å². The van der Waals surface area contributed by atoms with Crippen molar-refractivity contribution in [1.82, 2.24) is 16.0 Å². The van der Waals surface area contributed by atoms with Gasteiger partial charge in [0, 0.05) is 12.8 Å². The summed E-state index contributed by atoms with van der Waals surface area (Å²) >= 11 is 0. The third-order valence-electron chi connectivity index (χ3n) is 4.65. The molecule has 0 aromatic heterocycles. The fourth-order valence-corrected chi connectivity index (χ4v) is 2.89. The molecule has 0 aliphatic heterocycles. The molecule has 15 heteroatoms. The van der Waals surface area contributed by atoms with E-state index >= 15 is 0 Å². The van der Waals surface area contributed by atoms with Gasteiger partial charge < -0.3 is 42.7 Å². The molecule has 10 N–H and O–H groups in total. The molecule has 0 saturated heterocycles. The normalized spacial score (nSPS) is 14.2. The minimum atomic E-state index is -1.53. The van der Waals surface area contributed by atoms with Crippen molar-refractivity contribution in [1.29, 1.82) is 0 Å². The molecule has 4 atom stereocenters. The highest BCUT2D eigenvalue weighted by Gasteiger charge is 2.31. The lowest BCUT2D eigenvalue weighted by Crippen LogP contribution is -2.57. The standard InChI is InChI=1S/C20H33N5O10/c1-9(2)7-13(25-17(31)10(21)8-16(29)30)19(33)23-11(4-6-15(27)28)18(32)24-12(20(34)35)3-5-14(22)26/h9-13H,3-8,21H2,1-2H3,(H2,22,26)(H,23,33)(H,24,32)(H,25,31)(H,27,28)(H,29,30)(H,34,35). The molecule has 4 unspecified atom stereocenters. The predicted molar refractivity (Wildman–Crippen MR) is 118 cm³/mol. The third kappa shape index (κ3) is 13.5. The smallest absolute Gasteiger partial charge is 0.326 e. The summed E-state index contributed by atoms with van der Waals surface area (Å²) in [6.45, 7) is 3.46. The zero-order chi connectivity index (χ0) is 27.3. The van der Waals surface area contributed by atoms with Crippen LogP contribution in [0.2, 0.25) is 0 Å². The molecule has 0 aromatic rings. The maximum atomic E-state index is 12.9. The Hall–Kier alpha value is -3.75. The summed E-state index contributed by atoms with van der Waals surface area (Å²) < 4.78 is 0. The van der Waals surface area contributed by atoms with Gasteiger partial charge in [-0.1, -0.05) is 13.8 Å². The largest absolute Gasteiger partial charge is 0.481 e. The first-order chi connectivity index (χ1) is 16.1. The lowest BCUT2D eigenvalue weighted by Gasteiger charge is -2.25. The molecular weight excluding hydrogens is 470 g/mol. The fourth-order valence-electron chi connectivity index (χ4n) is 2.89. The Bertz CT molecular complexity index is 816. The molecule has 0 rings (SSSR count). The van der Waals surface area contributed by atoms with Gasteiger partial charge in [-0.05, 0) is 25.2 Å². The summed E-state index contributed by atoms with van der Waals surface area (Å²) in [5.41, 5.74) is 10.5. The zero-order valence-electron chi connectivity index (χ0n) is 19.5. The summed E-state index contributed by atoms with van der Waals surface area (Å²) in [6.07, 6.45) is -2.25. The second-order valence-electron chi connectivity index (χ2n) is 8.29. The second kappa shape index (κ2) is 15.2. The molecular formula is C20H33N5O10. The molecule has 0 aliphatic rings. The molecule has 15 nitrogen and oxygen atoms in total. The van der Waals surface area contributed by atoms with Gasteiger partial charge in [-0.15, -0.1) is 0 Å². The summed E-state index contributed by atoms with van der Waals surface area (Å²) in [6, 6.07) is -5.71. The first-order valence-electron chi connectivity index (χ1n) is 10.7. The SMILES string of the molecule is CC(C)CC(NC(=O)C(N)CC(=O)O)C(=O)NC(CCC(=O)O)C(=O)NC(CCC(N)=O)C(=O)O. The van der Waals surface area contributed by atoms with Crippen LogP contribution in [0.1, 0.15) is 52.4 Å². The van der Waals surface area contributed by atoms with Gasteiger partial charge in [-0.2, -0.15) is 0 Å². The average molecular weight is 504 g/mol. The number of rotatable bonds is 17. The van der Waals surface area contributed by atoms with E-state index in [1.165, 1.54) is 0 Å². The van der Waals surface area contributed by atoms with Crippen molar-refractivity contribution in [2.45, 2.75) is 76.5 Å². The van der Waals surface area contributed by atoms with Crippen molar-refractivity contribution in [2.24, 2.45) is 17.4 Å². The number of nitrogens with one attached hydrogen (secondary N) is 3. The quantitative estimate of drug-likeness (QED) is 0.103. The molecule has 35 heavy (non-hydrogen) atoms. The molecule has 0 spiro atoms. The summed E-state index contributed by atoms with van der Waals surface area (Å²) in [5, 5.41) is 33.8. The number of aliphatic carboxylic acids is 3. The number of carboxylic acid groups (broad SMARTS) is 3. The number of amides is 4. The predicted octanol–water partition coefficient (Wildman–Crippen LogP) is -2.50. The number of primary amides is 1. The minimum Gasteiger partial charge on any atom is -0.481 e. The molecule has 198 valence electrons. The Balaban J connectivity index is 5.60. The van der Waals surface area contributed by atoms with E-state index in [1.54, 1.807) is 13.8 Å². The van der Waals surface area contributed by atoms with Crippen LogP contribution in [0.5, 0.6) is 0 Å². The Labute approximate surface area is 201 Å². The molecule has 0 aromatic carbocycles. The van der Waals surface area contributed by atoms with Crippen LogP contribution in [0.3, 0.4) is 0 Å². The van der Waals surface area contributed by atoms with Crippen molar-refractivity contribution in [3.63, 3.8) is 0 Å². The van der Waals surface area contributed by atoms with Gasteiger partial charge in [0.05, 0.1) is 12.5 Å². The minimum absolute atomic E-state index is 0.0704. The topological polar surface area (TPSA) is 268 Å². The monoisotopic (exact) mass is 503 g/mol. The zero-order valence-corrected chi connectivity index (χ0v) is 19.5. The number of carboxylic acids is 3. The van der Waals surface area contributed by atoms with Gasteiger partial charge in [0.1, 0.15) is 18.1 Å². The van der Waals surface area contributed by atoms with E-state index in [2.05, 4.69) is 16.0 Å². The Kier molecular flexibility index (Phi) is 13.6. The van der Waals surface area contributed by atoms with E-state index in [4.69, 9.17) is 21.7 Å². The third-order valence-corrected chi connectivity index (χ3v) is 4.65. The van der Waals surface area contributed by atoms with E-state index in [9.17, 15) is 38.7 Å². The summed E-state index contributed by atoms with van der Waals surface area (Å²) in [7, 11) is 0. The van der Waals surface area contributed by atoms with Gasteiger partial charge in [-0.3, -0.25) is 28.8 Å². The average Bonchev–Trinajstić information content (AvgIpc) is 2.71.